The van der Waals surface area contributed by atoms with Gasteiger partial charge in [0, 0.05) is 7.05 Å². The number of hydrogen-bond acceptors (Lipinski definition) is 3. The topological polar surface area (TPSA) is 61.9 Å². The van der Waals surface area contributed by atoms with Gasteiger partial charge >= 0.3 is 0 Å². The van der Waals surface area contributed by atoms with Gasteiger partial charge in [-0.05, 0) is 36.0 Å². The van der Waals surface area contributed by atoms with Crippen molar-refractivity contribution in [3.63, 3.8) is 0 Å². The molecule has 0 bridgehead atoms. The summed E-state index contributed by atoms with van der Waals surface area (Å²) in [6, 6.07) is 6.42. The summed E-state index contributed by atoms with van der Waals surface area (Å²) in [6.45, 7) is 0.462. The number of rotatable bonds is 4. The molecular formula is C15H18N4O. The quantitative estimate of drug-likeness (QED) is 0.915. The predicted molar refractivity (Wildman–Crippen MR) is 75.0 cm³/mol. The van der Waals surface area contributed by atoms with Crippen LogP contribution in [0.1, 0.15) is 28.9 Å². The molecule has 0 saturated carbocycles. The van der Waals surface area contributed by atoms with Gasteiger partial charge in [-0.25, -0.2) is 4.98 Å². The fraction of sp³-hybridized carbons (Fsp3) is 0.400. The maximum absolute atomic E-state index is 12.2. The van der Waals surface area contributed by atoms with E-state index in [2.05, 4.69) is 33.4 Å². The number of H-pyrrole nitrogens is 1. The Hall–Kier alpha value is -2.17. The third kappa shape index (κ3) is 2.71. The highest BCUT2D eigenvalue weighted by atomic mass is 16.2. The number of aromatic nitrogens is 3. The molecule has 0 spiro atoms. The molecular weight excluding hydrogens is 252 g/mol. The van der Waals surface area contributed by atoms with Gasteiger partial charge < -0.3 is 4.90 Å². The average Bonchev–Trinajstić information content (AvgIpc) is 3.08. The predicted octanol–water partition coefficient (Wildman–Crippen LogP) is 1.49. The van der Waals surface area contributed by atoms with Crippen molar-refractivity contribution in [2.45, 2.75) is 32.2 Å². The molecule has 5 heteroatoms. The van der Waals surface area contributed by atoms with E-state index >= 15 is 0 Å². The number of aryl methyl sites for hydroxylation is 2. The molecule has 0 saturated heterocycles. The Morgan fingerprint density at radius 2 is 2.20 bits per heavy atom. The van der Waals surface area contributed by atoms with E-state index in [9.17, 15) is 4.79 Å². The van der Waals surface area contributed by atoms with Gasteiger partial charge in [-0.3, -0.25) is 9.89 Å². The molecule has 0 atom stereocenters. The minimum Gasteiger partial charge on any atom is -0.338 e. The summed E-state index contributed by atoms with van der Waals surface area (Å²) in [7, 11) is 1.79. The fourth-order valence-electron chi connectivity index (χ4n) is 2.66. The minimum atomic E-state index is 0.0966. The van der Waals surface area contributed by atoms with Crippen LogP contribution in [-0.2, 0) is 30.6 Å². The van der Waals surface area contributed by atoms with Crippen LogP contribution in [0.5, 0.6) is 0 Å². The van der Waals surface area contributed by atoms with E-state index in [1.807, 2.05) is 0 Å². The second-order valence-corrected chi connectivity index (χ2v) is 5.32. The summed E-state index contributed by atoms with van der Waals surface area (Å²) in [5, 5.41) is 6.55. The molecule has 1 N–H and O–H groups in total. The third-order valence-corrected chi connectivity index (χ3v) is 3.80. The summed E-state index contributed by atoms with van der Waals surface area (Å²) < 4.78 is 0. The standard InChI is InChI=1S/C15H18N4O/c1-19(9-14-16-10-17-18-14)15(20)8-11-5-6-12-3-2-4-13(12)7-11/h5-7,10H,2-4,8-9H2,1H3,(H,16,17,18). The molecule has 104 valence electrons. The van der Waals surface area contributed by atoms with E-state index in [1.165, 1.54) is 30.3 Å². The number of aromatic amines is 1. The lowest BCUT2D eigenvalue weighted by Gasteiger charge is -2.15. The van der Waals surface area contributed by atoms with Gasteiger partial charge in [0.15, 0.2) is 0 Å². The zero-order valence-corrected chi connectivity index (χ0v) is 11.6. The molecule has 1 aliphatic carbocycles. The van der Waals surface area contributed by atoms with Crippen molar-refractivity contribution in [1.29, 1.82) is 0 Å². The zero-order chi connectivity index (χ0) is 13.9. The maximum atomic E-state index is 12.2. The van der Waals surface area contributed by atoms with Gasteiger partial charge in [0.2, 0.25) is 5.91 Å². The van der Waals surface area contributed by atoms with Crippen molar-refractivity contribution in [3.05, 3.63) is 47.0 Å². The monoisotopic (exact) mass is 270 g/mol. The number of hydrogen-bond donors (Lipinski definition) is 1. The Labute approximate surface area is 118 Å². The van der Waals surface area contributed by atoms with Crippen LogP contribution in [-0.4, -0.2) is 33.0 Å². The molecule has 1 aromatic heterocycles. The molecule has 1 aliphatic rings. The van der Waals surface area contributed by atoms with Crippen molar-refractivity contribution in [3.8, 4) is 0 Å². The first-order valence-corrected chi connectivity index (χ1v) is 6.91. The van der Waals surface area contributed by atoms with E-state index in [1.54, 1.807) is 11.9 Å². The Morgan fingerprint density at radius 1 is 1.35 bits per heavy atom. The third-order valence-electron chi connectivity index (χ3n) is 3.80. The van der Waals surface area contributed by atoms with Gasteiger partial charge in [0.05, 0.1) is 13.0 Å². The SMILES string of the molecule is CN(Cc1ncn[nH]1)C(=O)Cc1ccc2c(c1)CCC2. The molecule has 0 fully saturated rings. The molecule has 1 aromatic carbocycles. The van der Waals surface area contributed by atoms with Crippen LogP contribution >= 0.6 is 0 Å². The van der Waals surface area contributed by atoms with Crippen molar-refractivity contribution in [1.82, 2.24) is 20.1 Å². The zero-order valence-electron chi connectivity index (χ0n) is 11.6. The van der Waals surface area contributed by atoms with Gasteiger partial charge in [-0.2, -0.15) is 5.10 Å². The maximum Gasteiger partial charge on any atom is 0.227 e. The second kappa shape index (κ2) is 5.45. The largest absolute Gasteiger partial charge is 0.338 e. The normalized spacial score (nSPS) is 13.2. The van der Waals surface area contributed by atoms with Gasteiger partial charge in [-0.15, -0.1) is 0 Å². The summed E-state index contributed by atoms with van der Waals surface area (Å²) >= 11 is 0. The number of fused-ring (bicyclic) bond motifs is 1. The Kier molecular flexibility index (Phi) is 3.50. The highest BCUT2D eigenvalue weighted by Crippen LogP contribution is 2.23. The molecule has 5 nitrogen and oxygen atoms in total. The molecule has 1 heterocycles. The van der Waals surface area contributed by atoms with Crippen LogP contribution in [0.2, 0.25) is 0 Å². The van der Waals surface area contributed by atoms with Crippen LogP contribution in [0, 0.1) is 0 Å². The van der Waals surface area contributed by atoms with Crippen molar-refractivity contribution in [2.75, 3.05) is 7.05 Å². The number of nitrogens with one attached hydrogen (secondary N) is 1. The number of likely N-dealkylation sites (N-methyl/N-ethyl adjacent to an activating group) is 1. The van der Waals surface area contributed by atoms with Crippen LogP contribution in [0.25, 0.3) is 0 Å². The number of amides is 1. The number of carbonyl (C=O) groups excluding carboxylic acids is 1. The summed E-state index contributed by atoms with van der Waals surface area (Å²) in [6.07, 6.45) is 5.45. The highest BCUT2D eigenvalue weighted by molar-refractivity contribution is 5.78. The highest BCUT2D eigenvalue weighted by Gasteiger charge is 2.14. The lowest BCUT2D eigenvalue weighted by molar-refractivity contribution is -0.129. The van der Waals surface area contributed by atoms with Crippen LogP contribution in [0.15, 0.2) is 24.5 Å². The van der Waals surface area contributed by atoms with Gasteiger partial charge in [0.25, 0.3) is 0 Å². The molecule has 0 unspecified atom stereocenters. The Morgan fingerprint density at radius 3 is 3.00 bits per heavy atom. The average molecular weight is 270 g/mol. The fourth-order valence-corrected chi connectivity index (χ4v) is 2.66. The van der Waals surface area contributed by atoms with Crippen molar-refractivity contribution < 1.29 is 4.79 Å². The lowest BCUT2D eigenvalue weighted by Crippen LogP contribution is -2.28. The first kappa shape index (κ1) is 12.8. The molecule has 3 rings (SSSR count). The first-order valence-electron chi connectivity index (χ1n) is 6.91. The molecule has 2 aromatic rings. The molecule has 0 aliphatic heterocycles. The number of carbonyl (C=O) groups is 1. The van der Waals surface area contributed by atoms with E-state index in [4.69, 9.17) is 0 Å². The first-order chi connectivity index (χ1) is 9.72. The Balaban J connectivity index is 1.63. The van der Waals surface area contributed by atoms with E-state index in [-0.39, 0.29) is 5.91 Å². The lowest BCUT2D eigenvalue weighted by atomic mass is 10.0. The van der Waals surface area contributed by atoms with E-state index in [0.717, 1.165) is 12.0 Å². The van der Waals surface area contributed by atoms with Crippen LogP contribution < -0.4 is 0 Å². The van der Waals surface area contributed by atoms with Crippen molar-refractivity contribution >= 4 is 5.91 Å². The van der Waals surface area contributed by atoms with Crippen molar-refractivity contribution in [2.24, 2.45) is 0 Å². The summed E-state index contributed by atoms with van der Waals surface area (Å²) in [4.78, 5) is 17.9. The van der Waals surface area contributed by atoms with Gasteiger partial charge in [-0.1, -0.05) is 18.2 Å². The van der Waals surface area contributed by atoms with E-state index in [0.29, 0.717) is 18.8 Å². The molecule has 0 radical (unpaired) electrons. The summed E-state index contributed by atoms with van der Waals surface area (Å²) in [5.74, 6) is 0.800. The summed E-state index contributed by atoms with van der Waals surface area (Å²) in [5.41, 5.74) is 3.95. The smallest absolute Gasteiger partial charge is 0.227 e. The van der Waals surface area contributed by atoms with Gasteiger partial charge in [0.1, 0.15) is 12.2 Å². The second-order valence-electron chi connectivity index (χ2n) is 5.32. The van der Waals surface area contributed by atoms with Crippen LogP contribution in [0.3, 0.4) is 0 Å². The van der Waals surface area contributed by atoms with Crippen LogP contribution in [0.4, 0.5) is 0 Å². The molecule has 1 amide bonds. The minimum absolute atomic E-state index is 0.0966. The Bertz CT molecular complexity index is 606. The number of nitrogens with zero attached hydrogens (tertiary/aromatic N) is 3. The van der Waals surface area contributed by atoms with E-state index < -0.39 is 0 Å². The molecule has 20 heavy (non-hydrogen) atoms. The number of benzene rings is 1.